The number of aromatic nitrogens is 2. The number of rotatable bonds is 2. The van der Waals surface area contributed by atoms with Crippen molar-refractivity contribution in [3.8, 4) is 23.5 Å². The lowest BCUT2D eigenvalue weighted by Crippen LogP contribution is -2.04. The molecule has 0 amide bonds. The van der Waals surface area contributed by atoms with Crippen molar-refractivity contribution in [3.63, 3.8) is 0 Å². The molecule has 0 radical (unpaired) electrons. The molecule has 0 aliphatic heterocycles. The van der Waals surface area contributed by atoms with Crippen LogP contribution < -0.4 is 0 Å². The Balaban J connectivity index is 1.23. The van der Waals surface area contributed by atoms with Crippen LogP contribution in [0.5, 0.6) is 0 Å². The Morgan fingerprint density at radius 3 is 1.31 bits per heavy atom. The van der Waals surface area contributed by atoms with Crippen LogP contribution in [-0.4, -0.2) is 9.13 Å². The van der Waals surface area contributed by atoms with E-state index in [1.165, 1.54) is 0 Å². The van der Waals surface area contributed by atoms with Gasteiger partial charge in [0, 0.05) is 32.3 Å². The highest BCUT2D eigenvalue weighted by molar-refractivity contribution is 6.25. The van der Waals surface area contributed by atoms with E-state index < -0.39 is 0 Å². The lowest BCUT2D eigenvalue weighted by molar-refractivity contribution is 0.672. The van der Waals surface area contributed by atoms with Crippen molar-refractivity contribution in [3.05, 3.63) is 144 Å². The van der Waals surface area contributed by atoms with E-state index in [0.29, 0.717) is 22.5 Å². The summed E-state index contributed by atoms with van der Waals surface area (Å²) >= 11 is 0. The maximum atomic E-state index is 10.9. The van der Waals surface area contributed by atoms with Crippen LogP contribution in [0.1, 0.15) is 22.3 Å². The molecule has 0 unspecified atom stereocenters. The first-order valence-corrected chi connectivity index (χ1v) is 17.2. The van der Waals surface area contributed by atoms with E-state index in [-0.39, 0.29) is 0 Å². The highest BCUT2D eigenvalue weighted by Gasteiger charge is 2.24. The first kappa shape index (κ1) is 28.5. The molecule has 52 heavy (non-hydrogen) atoms. The molecule has 0 aliphatic rings. The zero-order valence-electron chi connectivity index (χ0n) is 28.2. The summed E-state index contributed by atoms with van der Waals surface area (Å²) in [5.41, 5.74) is 11.3. The van der Waals surface area contributed by atoms with E-state index in [0.717, 1.165) is 98.6 Å². The molecule has 0 aliphatic carbocycles. The molecule has 4 heterocycles. The van der Waals surface area contributed by atoms with Crippen molar-refractivity contribution >= 4 is 87.5 Å². The maximum Gasteiger partial charge on any atom is 0.145 e. The fourth-order valence-corrected chi connectivity index (χ4v) is 8.44. The highest BCUT2D eigenvalue weighted by atomic mass is 16.3. The van der Waals surface area contributed by atoms with Crippen LogP contribution in [-0.2, 0) is 0 Å². The van der Waals surface area contributed by atoms with Gasteiger partial charge >= 0.3 is 0 Å². The van der Waals surface area contributed by atoms with E-state index in [9.17, 15) is 10.5 Å². The Labute approximate surface area is 296 Å². The van der Waals surface area contributed by atoms with E-state index >= 15 is 0 Å². The molecular formula is C46H26N4O2. The van der Waals surface area contributed by atoms with E-state index in [1.807, 2.05) is 48.5 Å². The van der Waals surface area contributed by atoms with Crippen LogP contribution in [0.25, 0.3) is 98.9 Å². The standard InChI is InChI=1S/C46H26N4O2/c1-25-11-15-35-33(19-25)43-37(17-13-31-29-7-3-5-9-41(29)51-45(31)43)49(35)39-21-28(24-48)40(22-27(39)23-47)50-36-16-12-26(2)20-34(36)44-38(50)18-14-32-30-8-4-6-10-42(30)52-46(32)44/h3-22H,1-2H3. The molecule has 0 saturated heterocycles. The minimum atomic E-state index is 0.449. The van der Waals surface area contributed by atoms with Gasteiger partial charge in [0.1, 0.15) is 34.5 Å². The first-order chi connectivity index (χ1) is 25.5. The molecule has 242 valence electrons. The van der Waals surface area contributed by atoms with Crippen molar-refractivity contribution in [2.75, 3.05) is 0 Å². The predicted octanol–water partition coefficient (Wildman–Crippen LogP) is 12.0. The topological polar surface area (TPSA) is 83.7 Å². The lowest BCUT2D eigenvalue weighted by Gasteiger charge is -2.15. The lowest BCUT2D eigenvalue weighted by atomic mass is 10.1. The minimum absolute atomic E-state index is 0.449. The number of furan rings is 2. The Kier molecular flexibility index (Phi) is 5.57. The van der Waals surface area contributed by atoms with Crippen LogP contribution in [0.15, 0.2) is 130 Å². The third kappa shape index (κ3) is 3.65. The summed E-state index contributed by atoms with van der Waals surface area (Å²) in [5.74, 6) is 0. The average molecular weight is 667 g/mol. The van der Waals surface area contributed by atoms with Crippen LogP contribution in [0.4, 0.5) is 0 Å². The molecule has 0 saturated carbocycles. The van der Waals surface area contributed by atoms with Gasteiger partial charge in [-0.15, -0.1) is 0 Å². The van der Waals surface area contributed by atoms with Crippen LogP contribution >= 0.6 is 0 Å². The summed E-state index contributed by atoms with van der Waals surface area (Å²) in [6.45, 7) is 4.16. The predicted molar refractivity (Wildman–Crippen MR) is 209 cm³/mol. The summed E-state index contributed by atoms with van der Waals surface area (Å²) in [7, 11) is 0. The number of benzene rings is 7. The number of fused-ring (bicyclic) bond motifs is 14. The Morgan fingerprint density at radius 2 is 0.865 bits per heavy atom. The van der Waals surface area contributed by atoms with Crippen molar-refractivity contribution in [1.29, 1.82) is 10.5 Å². The fourth-order valence-electron chi connectivity index (χ4n) is 8.44. The molecule has 11 aromatic rings. The maximum absolute atomic E-state index is 10.9. The summed E-state index contributed by atoms with van der Waals surface area (Å²) in [6, 6.07) is 46.0. The highest BCUT2D eigenvalue weighted by Crippen LogP contribution is 2.44. The zero-order chi connectivity index (χ0) is 34.8. The largest absolute Gasteiger partial charge is 0.455 e. The molecule has 6 nitrogen and oxygen atoms in total. The number of hydrogen-bond donors (Lipinski definition) is 0. The second kappa shape index (κ2) is 10.1. The number of para-hydroxylation sites is 2. The molecular weight excluding hydrogens is 641 g/mol. The van der Waals surface area contributed by atoms with Gasteiger partial charge in [-0.25, -0.2) is 0 Å². The van der Waals surface area contributed by atoms with Gasteiger partial charge in [-0.1, -0.05) is 59.7 Å². The van der Waals surface area contributed by atoms with E-state index in [1.54, 1.807) is 0 Å². The Morgan fingerprint density at radius 1 is 0.442 bits per heavy atom. The fraction of sp³-hybridized carbons (Fsp3) is 0.0435. The van der Waals surface area contributed by atoms with Crippen LogP contribution in [0.3, 0.4) is 0 Å². The molecule has 0 bridgehead atoms. The van der Waals surface area contributed by atoms with Crippen molar-refractivity contribution in [2.45, 2.75) is 13.8 Å². The number of aryl methyl sites for hydroxylation is 2. The summed E-state index contributed by atoms with van der Waals surface area (Å²) < 4.78 is 17.3. The molecule has 4 aromatic heterocycles. The normalized spacial score (nSPS) is 12.0. The van der Waals surface area contributed by atoms with E-state index in [2.05, 4.69) is 108 Å². The van der Waals surface area contributed by atoms with E-state index in [4.69, 9.17) is 8.83 Å². The van der Waals surface area contributed by atoms with Gasteiger partial charge in [0.05, 0.1) is 55.3 Å². The van der Waals surface area contributed by atoms with Crippen LogP contribution in [0, 0.1) is 36.5 Å². The summed E-state index contributed by atoms with van der Waals surface area (Å²) in [5, 5.41) is 29.9. The second-order valence-electron chi connectivity index (χ2n) is 13.7. The molecule has 0 N–H and O–H groups in total. The summed E-state index contributed by atoms with van der Waals surface area (Å²) in [6.07, 6.45) is 0. The van der Waals surface area contributed by atoms with Gasteiger partial charge in [0.2, 0.25) is 0 Å². The van der Waals surface area contributed by atoms with Gasteiger partial charge in [0.25, 0.3) is 0 Å². The van der Waals surface area contributed by atoms with Crippen molar-refractivity contribution in [1.82, 2.24) is 9.13 Å². The van der Waals surface area contributed by atoms with Crippen molar-refractivity contribution in [2.24, 2.45) is 0 Å². The van der Waals surface area contributed by atoms with Gasteiger partial charge in [-0.05, 0) is 86.6 Å². The molecule has 7 aromatic carbocycles. The third-order valence-corrected chi connectivity index (χ3v) is 10.7. The minimum Gasteiger partial charge on any atom is -0.455 e. The van der Waals surface area contributed by atoms with Gasteiger partial charge in [-0.2, -0.15) is 10.5 Å². The third-order valence-electron chi connectivity index (χ3n) is 10.7. The number of nitrogens with zero attached hydrogens (tertiary/aromatic N) is 4. The molecule has 11 rings (SSSR count). The quantitative estimate of drug-likeness (QED) is 0.184. The molecule has 6 heteroatoms. The van der Waals surface area contributed by atoms with Crippen LogP contribution in [0.2, 0.25) is 0 Å². The second-order valence-corrected chi connectivity index (χ2v) is 13.7. The van der Waals surface area contributed by atoms with Crippen molar-refractivity contribution < 1.29 is 8.83 Å². The van der Waals surface area contributed by atoms with Gasteiger partial charge in [0.15, 0.2) is 0 Å². The number of nitriles is 2. The zero-order valence-corrected chi connectivity index (χ0v) is 28.2. The van der Waals surface area contributed by atoms with Gasteiger partial charge < -0.3 is 18.0 Å². The monoisotopic (exact) mass is 666 g/mol. The molecule has 0 fully saturated rings. The Bertz CT molecular complexity index is 3230. The summed E-state index contributed by atoms with van der Waals surface area (Å²) in [4.78, 5) is 0. The Hall–Kier alpha value is -7.28. The average Bonchev–Trinajstić information content (AvgIpc) is 3.91. The van der Waals surface area contributed by atoms with Gasteiger partial charge in [-0.3, -0.25) is 0 Å². The number of hydrogen-bond acceptors (Lipinski definition) is 4. The molecule has 0 atom stereocenters. The smallest absolute Gasteiger partial charge is 0.145 e. The SMILES string of the molecule is Cc1ccc2c(c1)c1c3oc4ccccc4c3ccc1n2-c1cc(C#N)c(-n2c3ccc(C)cc3c3c4oc5ccccc5c4ccc32)cc1C#N. The molecule has 0 spiro atoms. The first-order valence-electron chi connectivity index (χ1n) is 17.2.